The van der Waals surface area contributed by atoms with Crippen molar-refractivity contribution in [2.75, 3.05) is 31.6 Å². The number of allylic oxidation sites excluding steroid dienone is 2. The molecule has 2 aromatic rings. The minimum atomic E-state index is -0.398. The van der Waals surface area contributed by atoms with Crippen molar-refractivity contribution in [3.8, 4) is 0 Å². The molecule has 2 aromatic carbocycles. The van der Waals surface area contributed by atoms with E-state index < -0.39 is 4.92 Å². The van der Waals surface area contributed by atoms with Gasteiger partial charge >= 0.3 is 0 Å². The van der Waals surface area contributed by atoms with Gasteiger partial charge in [0.1, 0.15) is 0 Å². The third-order valence-corrected chi connectivity index (χ3v) is 6.78. The Morgan fingerprint density at radius 3 is 2.74 bits per heavy atom. The Hall–Kier alpha value is -2.90. The van der Waals surface area contributed by atoms with Crippen molar-refractivity contribution in [1.29, 1.82) is 0 Å². The molecule has 8 heteroatoms. The molecule has 1 fully saturated rings. The number of nitro groups is 1. The topological polar surface area (TPSA) is 84.7 Å². The summed E-state index contributed by atoms with van der Waals surface area (Å²) >= 11 is 6.46. The van der Waals surface area contributed by atoms with E-state index in [2.05, 4.69) is 17.5 Å². The second kappa shape index (κ2) is 7.98. The quantitative estimate of drug-likeness (QED) is 0.431. The van der Waals surface area contributed by atoms with Crippen molar-refractivity contribution in [2.24, 2.45) is 5.92 Å². The third-order valence-electron chi connectivity index (χ3n) is 6.43. The second-order valence-corrected chi connectivity index (χ2v) is 8.55. The van der Waals surface area contributed by atoms with Gasteiger partial charge in [0.2, 0.25) is 0 Å². The van der Waals surface area contributed by atoms with Crippen LogP contribution in [0.1, 0.15) is 39.9 Å². The van der Waals surface area contributed by atoms with Gasteiger partial charge in [0.25, 0.3) is 11.6 Å². The molecule has 2 heterocycles. The van der Waals surface area contributed by atoms with Crippen LogP contribution in [-0.2, 0) is 4.74 Å². The molecule has 3 unspecified atom stereocenters. The predicted molar refractivity (Wildman–Crippen MR) is 118 cm³/mol. The summed E-state index contributed by atoms with van der Waals surface area (Å²) < 4.78 is 5.35. The first kappa shape index (κ1) is 20.0. The standard InChI is InChI=1S/C23H22ClN3O4/c24-20-6-5-15(27(29)30)13-19(20)22-17-3-1-2-16(17)18-12-14(4-7-21(18)25-22)23(28)26-8-10-31-11-9-26/h1-2,4-7,12-13,16-17,22,25H,3,8-11H2. The van der Waals surface area contributed by atoms with E-state index in [1.807, 2.05) is 23.1 Å². The van der Waals surface area contributed by atoms with Crippen molar-refractivity contribution in [3.05, 3.63) is 80.4 Å². The minimum Gasteiger partial charge on any atom is -0.378 e. The van der Waals surface area contributed by atoms with Gasteiger partial charge in [0.15, 0.2) is 0 Å². The number of nitrogens with zero attached hydrogens (tertiary/aromatic N) is 2. The molecular weight excluding hydrogens is 418 g/mol. The van der Waals surface area contributed by atoms with Gasteiger partial charge in [-0.05, 0) is 42.2 Å². The molecule has 3 aliphatic rings. The van der Waals surface area contributed by atoms with Gasteiger partial charge in [0, 0.05) is 53.0 Å². The van der Waals surface area contributed by atoms with Crippen LogP contribution in [0.2, 0.25) is 5.02 Å². The van der Waals surface area contributed by atoms with Crippen LogP contribution in [0.25, 0.3) is 0 Å². The average molecular weight is 440 g/mol. The van der Waals surface area contributed by atoms with E-state index >= 15 is 0 Å². The largest absolute Gasteiger partial charge is 0.378 e. The molecule has 0 spiro atoms. The van der Waals surface area contributed by atoms with Crippen molar-refractivity contribution in [3.63, 3.8) is 0 Å². The fourth-order valence-corrected chi connectivity index (χ4v) is 5.10. The molecule has 7 nitrogen and oxygen atoms in total. The number of ether oxygens (including phenoxy) is 1. The first-order valence-electron chi connectivity index (χ1n) is 10.4. The Morgan fingerprint density at radius 1 is 1.16 bits per heavy atom. The molecule has 0 saturated carbocycles. The maximum atomic E-state index is 13.0. The molecule has 31 heavy (non-hydrogen) atoms. The molecule has 1 amide bonds. The molecular formula is C23H22ClN3O4. The number of hydrogen-bond acceptors (Lipinski definition) is 5. The number of fused-ring (bicyclic) bond motifs is 3. The van der Waals surface area contributed by atoms with Gasteiger partial charge < -0.3 is 15.0 Å². The summed E-state index contributed by atoms with van der Waals surface area (Å²) in [5.41, 5.74) is 3.44. The molecule has 0 aromatic heterocycles. The molecule has 0 bridgehead atoms. The predicted octanol–water partition coefficient (Wildman–Crippen LogP) is 4.55. The number of rotatable bonds is 3. The monoisotopic (exact) mass is 439 g/mol. The highest BCUT2D eigenvalue weighted by atomic mass is 35.5. The molecule has 1 saturated heterocycles. The number of non-ortho nitro benzene ring substituents is 1. The van der Waals surface area contributed by atoms with Crippen LogP contribution in [0.5, 0.6) is 0 Å². The lowest BCUT2D eigenvalue weighted by Crippen LogP contribution is -2.40. The van der Waals surface area contributed by atoms with E-state index in [9.17, 15) is 14.9 Å². The van der Waals surface area contributed by atoms with E-state index in [1.54, 1.807) is 12.1 Å². The summed E-state index contributed by atoms with van der Waals surface area (Å²) in [6.07, 6.45) is 5.15. The summed E-state index contributed by atoms with van der Waals surface area (Å²) in [5, 5.41) is 15.3. The molecule has 1 N–H and O–H groups in total. The summed E-state index contributed by atoms with van der Waals surface area (Å²) in [5.74, 6) is 0.309. The number of carbonyl (C=O) groups is 1. The summed E-state index contributed by atoms with van der Waals surface area (Å²) in [6.45, 7) is 2.34. The second-order valence-electron chi connectivity index (χ2n) is 8.15. The van der Waals surface area contributed by atoms with Crippen LogP contribution in [0.15, 0.2) is 48.6 Å². The zero-order chi connectivity index (χ0) is 21.5. The summed E-state index contributed by atoms with van der Waals surface area (Å²) in [7, 11) is 0. The third kappa shape index (κ3) is 3.58. The first-order valence-corrected chi connectivity index (χ1v) is 10.8. The Labute approximate surface area is 184 Å². The van der Waals surface area contributed by atoms with E-state index in [0.717, 1.165) is 23.2 Å². The highest BCUT2D eigenvalue weighted by molar-refractivity contribution is 6.31. The van der Waals surface area contributed by atoms with Crippen LogP contribution in [0.4, 0.5) is 11.4 Å². The number of carbonyl (C=O) groups excluding carboxylic acids is 1. The minimum absolute atomic E-state index is 0.0217. The summed E-state index contributed by atoms with van der Waals surface area (Å²) in [6, 6.07) is 10.2. The number of benzene rings is 2. The van der Waals surface area contributed by atoms with Crippen molar-refractivity contribution < 1.29 is 14.5 Å². The smallest absolute Gasteiger partial charge is 0.269 e. The number of nitrogens with one attached hydrogen (secondary N) is 1. The molecule has 0 radical (unpaired) electrons. The van der Waals surface area contributed by atoms with E-state index in [0.29, 0.717) is 36.9 Å². The zero-order valence-corrected chi connectivity index (χ0v) is 17.5. The van der Waals surface area contributed by atoms with Crippen molar-refractivity contribution in [1.82, 2.24) is 4.90 Å². The Bertz CT molecular complexity index is 1080. The summed E-state index contributed by atoms with van der Waals surface area (Å²) in [4.78, 5) is 25.7. The van der Waals surface area contributed by atoms with Crippen LogP contribution >= 0.6 is 11.6 Å². The number of halogens is 1. The maximum absolute atomic E-state index is 13.0. The van der Waals surface area contributed by atoms with Crippen LogP contribution < -0.4 is 5.32 Å². The average Bonchev–Trinajstić information content (AvgIpc) is 3.29. The molecule has 160 valence electrons. The van der Waals surface area contributed by atoms with Gasteiger partial charge in [-0.1, -0.05) is 23.8 Å². The Balaban J connectivity index is 1.49. The van der Waals surface area contributed by atoms with Crippen LogP contribution in [0, 0.1) is 16.0 Å². The number of amides is 1. The molecule has 2 aliphatic heterocycles. The maximum Gasteiger partial charge on any atom is 0.269 e. The van der Waals surface area contributed by atoms with Crippen molar-refractivity contribution >= 4 is 28.9 Å². The number of hydrogen-bond donors (Lipinski definition) is 1. The van der Waals surface area contributed by atoms with E-state index in [1.165, 1.54) is 6.07 Å². The van der Waals surface area contributed by atoms with Gasteiger partial charge in [-0.25, -0.2) is 0 Å². The fraction of sp³-hybridized carbons (Fsp3) is 0.348. The lowest BCUT2D eigenvalue weighted by atomic mass is 9.76. The van der Waals surface area contributed by atoms with Crippen LogP contribution in [0.3, 0.4) is 0 Å². The lowest BCUT2D eigenvalue weighted by Gasteiger charge is -2.38. The van der Waals surface area contributed by atoms with E-state index in [-0.39, 0.29) is 29.5 Å². The molecule has 1 aliphatic carbocycles. The fourth-order valence-electron chi connectivity index (χ4n) is 4.87. The Morgan fingerprint density at radius 2 is 1.97 bits per heavy atom. The van der Waals surface area contributed by atoms with Gasteiger partial charge in [-0.15, -0.1) is 0 Å². The number of morpholine rings is 1. The van der Waals surface area contributed by atoms with Crippen LogP contribution in [-0.4, -0.2) is 42.0 Å². The van der Waals surface area contributed by atoms with Gasteiger partial charge in [-0.2, -0.15) is 0 Å². The van der Waals surface area contributed by atoms with Gasteiger partial charge in [0.05, 0.1) is 24.2 Å². The highest BCUT2D eigenvalue weighted by Crippen LogP contribution is 2.51. The first-order chi connectivity index (χ1) is 15.0. The van der Waals surface area contributed by atoms with Gasteiger partial charge in [-0.3, -0.25) is 14.9 Å². The number of anilines is 1. The Kier molecular flexibility index (Phi) is 5.16. The van der Waals surface area contributed by atoms with Crippen molar-refractivity contribution in [2.45, 2.75) is 18.4 Å². The number of nitro benzene ring substituents is 1. The lowest BCUT2D eigenvalue weighted by molar-refractivity contribution is -0.384. The molecule has 3 atom stereocenters. The van der Waals surface area contributed by atoms with E-state index in [4.69, 9.17) is 16.3 Å². The molecule has 5 rings (SSSR count). The normalized spacial score (nSPS) is 24.3. The highest BCUT2D eigenvalue weighted by Gasteiger charge is 2.39. The SMILES string of the molecule is O=C(c1ccc2c(c1)C1C=CCC1C(c1cc([N+](=O)[O-])ccc1Cl)N2)N1CCOCC1. The zero-order valence-electron chi connectivity index (χ0n) is 16.8.